The number of halogens is 3. The number of alkyl halides is 3. The lowest BCUT2D eigenvalue weighted by molar-refractivity contribution is -0.137. The first-order valence-electron chi connectivity index (χ1n) is 7.25. The van der Waals surface area contributed by atoms with Crippen LogP contribution in [-0.2, 0) is 6.18 Å². The predicted molar refractivity (Wildman–Crippen MR) is 87.0 cm³/mol. The lowest BCUT2D eigenvalue weighted by Gasteiger charge is -2.10. The fraction of sp³-hybridized carbons (Fsp3) is 0.0500. The molecule has 0 aliphatic rings. The van der Waals surface area contributed by atoms with Crippen molar-refractivity contribution in [3.05, 3.63) is 83.9 Å². The summed E-state index contributed by atoms with van der Waals surface area (Å²) in [5, 5.41) is 8.84. The highest BCUT2D eigenvalue weighted by atomic mass is 19.4. The second-order valence-electron chi connectivity index (χ2n) is 5.35. The van der Waals surface area contributed by atoms with E-state index in [2.05, 4.69) is 6.07 Å². The Kier molecular flexibility index (Phi) is 4.09. The Balaban J connectivity index is 2.00. The Labute approximate surface area is 137 Å². The van der Waals surface area contributed by atoms with Gasteiger partial charge in [0.15, 0.2) is 0 Å². The molecule has 0 saturated heterocycles. The third kappa shape index (κ3) is 3.31. The van der Waals surface area contributed by atoms with Gasteiger partial charge in [-0.3, -0.25) is 0 Å². The number of benzene rings is 3. The first-order valence-corrected chi connectivity index (χ1v) is 7.25. The standard InChI is InChI=1S/C20H12F3N/c21-20(22,23)19-6-2-5-18(12-19)17-4-1-3-16(11-17)15-9-7-14(13-24)8-10-15/h1-12H. The number of hydrogen-bond donors (Lipinski definition) is 0. The number of hydrogen-bond acceptors (Lipinski definition) is 1. The molecule has 0 fully saturated rings. The highest BCUT2D eigenvalue weighted by molar-refractivity contribution is 5.73. The third-order valence-electron chi connectivity index (χ3n) is 3.73. The Hall–Kier alpha value is -3.06. The first kappa shape index (κ1) is 15.8. The van der Waals surface area contributed by atoms with Gasteiger partial charge in [-0.25, -0.2) is 0 Å². The highest BCUT2D eigenvalue weighted by Crippen LogP contribution is 2.33. The van der Waals surface area contributed by atoms with E-state index in [1.54, 1.807) is 24.3 Å². The molecule has 3 aromatic rings. The molecule has 24 heavy (non-hydrogen) atoms. The van der Waals surface area contributed by atoms with Gasteiger partial charge >= 0.3 is 6.18 Å². The minimum atomic E-state index is -4.36. The normalized spacial score (nSPS) is 11.1. The summed E-state index contributed by atoms with van der Waals surface area (Å²) >= 11 is 0. The van der Waals surface area contributed by atoms with Crippen LogP contribution in [0.4, 0.5) is 13.2 Å². The van der Waals surface area contributed by atoms with Gasteiger partial charge < -0.3 is 0 Å². The number of nitriles is 1. The fourth-order valence-electron chi connectivity index (χ4n) is 2.49. The van der Waals surface area contributed by atoms with E-state index >= 15 is 0 Å². The van der Waals surface area contributed by atoms with Gasteiger partial charge in [0.25, 0.3) is 0 Å². The molecule has 0 atom stereocenters. The first-order chi connectivity index (χ1) is 11.5. The summed E-state index contributed by atoms with van der Waals surface area (Å²) in [4.78, 5) is 0. The molecule has 0 bridgehead atoms. The van der Waals surface area contributed by atoms with Gasteiger partial charge in [0.1, 0.15) is 0 Å². The van der Waals surface area contributed by atoms with Crippen LogP contribution in [0, 0.1) is 11.3 Å². The molecular formula is C20H12F3N. The second-order valence-corrected chi connectivity index (χ2v) is 5.35. The Morgan fingerprint density at radius 3 is 1.79 bits per heavy atom. The van der Waals surface area contributed by atoms with Crippen molar-refractivity contribution in [3.63, 3.8) is 0 Å². The molecule has 0 radical (unpaired) electrons. The zero-order chi connectivity index (χ0) is 17.2. The number of rotatable bonds is 2. The zero-order valence-electron chi connectivity index (χ0n) is 12.5. The van der Waals surface area contributed by atoms with Crippen LogP contribution in [0.2, 0.25) is 0 Å². The quantitative estimate of drug-likeness (QED) is 0.575. The average molecular weight is 323 g/mol. The summed E-state index contributed by atoms with van der Waals surface area (Å²) in [7, 11) is 0. The van der Waals surface area contributed by atoms with E-state index in [0.717, 1.165) is 23.3 Å². The van der Waals surface area contributed by atoms with Gasteiger partial charge in [-0.05, 0) is 52.6 Å². The maximum absolute atomic E-state index is 12.9. The summed E-state index contributed by atoms with van der Waals surface area (Å²) in [6.45, 7) is 0. The minimum Gasteiger partial charge on any atom is -0.192 e. The second kappa shape index (κ2) is 6.21. The predicted octanol–water partition coefficient (Wildman–Crippen LogP) is 5.91. The van der Waals surface area contributed by atoms with Gasteiger partial charge in [-0.2, -0.15) is 18.4 Å². The van der Waals surface area contributed by atoms with Crippen LogP contribution in [0.1, 0.15) is 11.1 Å². The molecule has 0 heterocycles. The molecule has 0 saturated carbocycles. The van der Waals surface area contributed by atoms with Crippen molar-refractivity contribution < 1.29 is 13.2 Å². The molecule has 4 heteroatoms. The van der Waals surface area contributed by atoms with Gasteiger partial charge in [0, 0.05) is 0 Å². The van der Waals surface area contributed by atoms with Gasteiger partial charge in [-0.1, -0.05) is 42.5 Å². The minimum absolute atomic E-state index is 0.514. The van der Waals surface area contributed by atoms with Gasteiger partial charge in [-0.15, -0.1) is 0 Å². The van der Waals surface area contributed by atoms with Crippen LogP contribution >= 0.6 is 0 Å². The molecule has 3 rings (SSSR count). The summed E-state index contributed by atoms with van der Waals surface area (Å²) in [6.07, 6.45) is -4.36. The molecule has 0 aliphatic heterocycles. The molecule has 1 nitrogen and oxygen atoms in total. The van der Waals surface area contributed by atoms with Crippen molar-refractivity contribution in [2.45, 2.75) is 6.18 Å². The zero-order valence-corrected chi connectivity index (χ0v) is 12.5. The number of nitrogens with zero attached hydrogens (tertiary/aromatic N) is 1. The Morgan fingerprint density at radius 1 is 0.667 bits per heavy atom. The van der Waals surface area contributed by atoms with E-state index < -0.39 is 11.7 Å². The van der Waals surface area contributed by atoms with E-state index in [-0.39, 0.29) is 0 Å². The topological polar surface area (TPSA) is 23.8 Å². The molecule has 0 spiro atoms. The monoisotopic (exact) mass is 323 g/mol. The molecule has 0 aromatic heterocycles. The van der Waals surface area contributed by atoms with Crippen molar-refractivity contribution in [1.82, 2.24) is 0 Å². The third-order valence-corrected chi connectivity index (χ3v) is 3.73. The Morgan fingerprint density at radius 2 is 1.21 bits per heavy atom. The lowest BCUT2D eigenvalue weighted by atomic mass is 9.97. The van der Waals surface area contributed by atoms with E-state index in [1.165, 1.54) is 6.07 Å². The largest absolute Gasteiger partial charge is 0.416 e. The molecule has 118 valence electrons. The van der Waals surface area contributed by atoms with E-state index in [0.29, 0.717) is 16.7 Å². The molecular weight excluding hydrogens is 311 g/mol. The van der Waals surface area contributed by atoms with Crippen LogP contribution in [-0.4, -0.2) is 0 Å². The van der Waals surface area contributed by atoms with Crippen LogP contribution in [0.15, 0.2) is 72.8 Å². The summed E-state index contributed by atoms with van der Waals surface area (Å²) in [6, 6.07) is 21.7. The summed E-state index contributed by atoms with van der Waals surface area (Å²) in [5.74, 6) is 0. The highest BCUT2D eigenvalue weighted by Gasteiger charge is 2.30. The fourth-order valence-corrected chi connectivity index (χ4v) is 2.49. The van der Waals surface area contributed by atoms with Crippen molar-refractivity contribution in [1.29, 1.82) is 5.26 Å². The summed E-state index contributed by atoms with van der Waals surface area (Å²) < 4.78 is 38.6. The molecule has 0 amide bonds. The molecule has 0 N–H and O–H groups in total. The van der Waals surface area contributed by atoms with Gasteiger partial charge in [0.05, 0.1) is 17.2 Å². The van der Waals surface area contributed by atoms with Crippen molar-refractivity contribution >= 4 is 0 Å². The van der Waals surface area contributed by atoms with Crippen LogP contribution in [0.5, 0.6) is 0 Å². The van der Waals surface area contributed by atoms with E-state index in [9.17, 15) is 13.2 Å². The lowest BCUT2D eigenvalue weighted by Crippen LogP contribution is -2.04. The van der Waals surface area contributed by atoms with E-state index in [1.807, 2.05) is 30.3 Å². The molecule has 0 aliphatic carbocycles. The Bertz CT molecular complexity index is 903. The van der Waals surface area contributed by atoms with Crippen LogP contribution in [0.25, 0.3) is 22.3 Å². The molecule has 0 unspecified atom stereocenters. The van der Waals surface area contributed by atoms with Crippen molar-refractivity contribution in [2.24, 2.45) is 0 Å². The van der Waals surface area contributed by atoms with Crippen molar-refractivity contribution in [2.75, 3.05) is 0 Å². The van der Waals surface area contributed by atoms with Crippen LogP contribution in [0.3, 0.4) is 0 Å². The van der Waals surface area contributed by atoms with Crippen LogP contribution < -0.4 is 0 Å². The summed E-state index contributed by atoms with van der Waals surface area (Å²) in [5.41, 5.74) is 2.91. The smallest absolute Gasteiger partial charge is 0.192 e. The average Bonchev–Trinajstić information content (AvgIpc) is 2.61. The maximum atomic E-state index is 12.9. The van der Waals surface area contributed by atoms with E-state index in [4.69, 9.17) is 5.26 Å². The van der Waals surface area contributed by atoms with Crippen molar-refractivity contribution in [3.8, 4) is 28.3 Å². The maximum Gasteiger partial charge on any atom is 0.416 e. The van der Waals surface area contributed by atoms with Gasteiger partial charge in [0.2, 0.25) is 0 Å². The SMILES string of the molecule is N#Cc1ccc(-c2cccc(-c3cccc(C(F)(F)F)c3)c2)cc1. The molecule has 3 aromatic carbocycles.